The first-order valence-corrected chi connectivity index (χ1v) is 10.8. The van der Waals surface area contributed by atoms with E-state index in [1.807, 2.05) is 66.0 Å². The Morgan fingerprint density at radius 3 is 2.42 bits per heavy atom. The van der Waals surface area contributed by atoms with E-state index in [1.165, 1.54) is 29.2 Å². The number of hydrogen-bond donors (Lipinski definition) is 1. The van der Waals surface area contributed by atoms with Crippen molar-refractivity contribution in [2.24, 2.45) is 0 Å². The van der Waals surface area contributed by atoms with Gasteiger partial charge in [-0.05, 0) is 24.5 Å². The number of benzene rings is 2. The van der Waals surface area contributed by atoms with Gasteiger partial charge in [-0.3, -0.25) is 19.0 Å². The standard InChI is InChI=1S/C24H21N3O3S/c1-16(28)20(12-17-8-4-2-5-9-17)26-21(29)13-27-15-25-23-22(24(27)30)19(14-31-23)18-10-6-3-7-11-18/h2-11,14-15,20H,12-13H2,1H3,(H,26,29)/t20-/m0/s1. The molecule has 0 unspecified atom stereocenters. The summed E-state index contributed by atoms with van der Waals surface area (Å²) in [5.74, 6) is -0.543. The molecular weight excluding hydrogens is 410 g/mol. The molecule has 31 heavy (non-hydrogen) atoms. The molecule has 2 aromatic carbocycles. The van der Waals surface area contributed by atoms with Gasteiger partial charge < -0.3 is 5.32 Å². The number of rotatable bonds is 7. The van der Waals surface area contributed by atoms with Crippen LogP contribution in [0, 0.1) is 0 Å². The lowest BCUT2D eigenvalue weighted by Gasteiger charge is -2.16. The fourth-order valence-electron chi connectivity index (χ4n) is 3.45. The van der Waals surface area contributed by atoms with Crippen LogP contribution in [0.1, 0.15) is 12.5 Å². The maximum atomic E-state index is 13.1. The summed E-state index contributed by atoms with van der Waals surface area (Å²) >= 11 is 1.40. The first kappa shape index (κ1) is 20.7. The molecule has 0 fully saturated rings. The molecule has 4 aromatic rings. The van der Waals surface area contributed by atoms with Crippen molar-refractivity contribution in [3.05, 3.63) is 88.3 Å². The van der Waals surface area contributed by atoms with Gasteiger partial charge in [0.05, 0.1) is 17.8 Å². The highest BCUT2D eigenvalue weighted by molar-refractivity contribution is 7.17. The highest BCUT2D eigenvalue weighted by Gasteiger charge is 2.19. The second-order valence-corrected chi connectivity index (χ2v) is 8.15. The van der Waals surface area contributed by atoms with E-state index < -0.39 is 11.9 Å². The van der Waals surface area contributed by atoms with E-state index in [2.05, 4.69) is 10.3 Å². The highest BCUT2D eigenvalue weighted by Crippen LogP contribution is 2.30. The molecule has 1 atom stereocenters. The zero-order valence-corrected chi connectivity index (χ0v) is 17.8. The third-order valence-corrected chi connectivity index (χ3v) is 5.95. The van der Waals surface area contributed by atoms with Crippen LogP contribution in [0.2, 0.25) is 0 Å². The van der Waals surface area contributed by atoms with Crippen LogP contribution < -0.4 is 10.9 Å². The molecule has 0 aliphatic rings. The Bertz CT molecular complexity index is 1280. The summed E-state index contributed by atoms with van der Waals surface area (Å²) in [4.78, 5) is 42.8. The van der Waals surface area contributed by atoms with Crippen molar-refractivity contribution in [2.45, 2.75) is 25.9 Å². The Hall–Kier alpha value is -3.58. The SMILES string of the molecule is CC(=O)[C@H](Cc1ccccc1)NC(=O)Cn1cnc2scc(-c3ccccc3)c2c1=O. The molecule has 1 amide bonds. The molecule has 156 valence electrons. The smallest absolute Gasteiger partial charge is 0.263 e. The first-order valence-electron chi connectivity index (χ1n) is 9.88. The molecule has 0 radical (unpaired) electrons. The van der Waals surface area contributed by atoms with Gasteiger partial charge in [-0.1, -0.05) is 60.7 Å². The third kappa shape index (κ3) is 4.62. The number of carbonyl (C=O) groups excluding carboxylic acids is 2. The lowest BCUT2D eigenvalue weighted by molar-refractivity contribution is -0.127. The van der Waals surface area contributed by atoms with Crippen LogP contribution in [-0.2, 0) is 22.6 Å². The number of nitrogens with one attached hydrogen (secondary N) is 1. The summed E-state index contributed by atoms with van der Waals surface area (Å²) in [6.07, 6.45) is 1.78. The van der Waals surface area contributed by atoms with Crippen molar-refractivity contribution in [3.63, 3.8) is 0 Å². The van der Waals surface area contributed by atoms with Gasteiger partial charge >= 0.3 is 0 Å². The minimum Gasteiger partial charge on any atom is -0.344 e. The molecule has 2 aromatic heterocycles. The van der Waals surface area contributed by atoms with Gasteiger partial charge in [0.1, 0.15) is 11.4 Å². The van der Waals surface area contributed by atoms with E-state index in [0.717, 1.165) is 16.7 Å². The van der Waals surface area contributed by atoms with Crippen LogP contribution >= 0.6 is 11.3 Å². The second-order valence-electron chi connectivity index (χ2n) is 7.29. The molecule has 0 saturated heterocycles. The topological polar surface area (TPSA) is 81.1 Å². The Morgan fingerprint density at radius 1 is 1.06 bits per heavy atom. The molecule has 1 N–H and O–H groups in total. The quantitative estimate of drug-likeness (QED) is 0.486. The van der Waals surface area contributed by atoms with Crippen molar-refractivity contribution in [1.29, 1.82) is 0 Å². The number of fused-ring (bicyclic) bond motifs is 1. The van der Waals surface area contributed by atoms with Gasteiger partial charge in [0.2, 0.25) is 5.91 Å². The number of nitrogens with zero attached hydrogens (tertiary/aromatic N) is 2. The molecule has 6 nitrogen and oxygen atoms in total. The Morgan fingerprint density at radius 2 is 1.74 bits per heavy atom. The summed E-state index contributed by atoms with van der Waals surface area (Å²) in [5, 5.41) is 5.16. The maximum absolute atomic E-state index is 13.1. The van der Waals surface area contributed by atoms with Gasteiger partial charge in [-0.25, -0.2) is 4.98 Å². The fraction of sp³-hybridized carbons (Fsp3) is 0.167. The normalized spacial score (nSPS) is 11.9. The highest BCUT2D eigenvalue weighted by atomic mass is 32.1. The largest absolute Gasteiger partial charge is 0.344 e. The van der Waals surface area contributed by atoms with E-state index in [1.54, 1.807) is 0 Å². The minimum absolute atomic E-state index is 0.137. The molecule has 2 heterocycles. The molecule has 0 aliphatic carbocycles. The van der Waals surface area contributed by atoms with Crippen molar-refractivity contribution in [2.75, 3.05) is 0 Å². The number of aromatic nitrogens is 2. The Kier molecular flexibility index (Phi) is 6.04. The molecular formula is C24H21N3O3S. The summed E-state index contributed by atoms with van der Waals surface area (Å²) in [7, 11) is 0. The van der Waals surface area contributed by atoms with E-state index in [4.69, 9.17) is 0 Å². The molecule has 0 saturated carbocycles. The van der Waals surface area contributed by atoms with E-state index in [-0.39, 0.29) is 17.9 Å². The van der Waals surface area contributed by atoms with Crippen molar-refractivity contribution >= 4 is 33.2 Å². The molecule has 4 rings (SSSR count). The molecule has 7 heteroatoms. The predicted octanol–water partition coefficient (Wildman–Crippen LogP) is 3.44. The van der Waals surface area contributed by atoms with Gasteiger partial charge in [-0.2, -0.15) is 0 Å². The summed E-state index contributed by atoms with van der Waals surface area (Å²) in [6, 6.07) is 18.5. The maximum Gasteiger partial charge on any atom is 0.263 e. The van der Waals surface area contributed by atoms with Gasteiger partial charge in [0.25, 0.3) is 5.56 Å². The Balaban J connectivity index is 1.56. The van der Waals surface area contributed by atoms with E-state index in [9.17, 15) is 14.4 Å². The van der Waals surface area contributed by atoms with Gasteiger partial charge in [0.15, 0.2) is 5.78 Å². The number of thiophene rings is 1. The van der Waals surface area contributed by atoms with E-state index >= 15 is 0 Å². The zero-order valence-electron chi connectivity index (χ0n) is 16.9. The lowest BCUT2D eigenvalue weighted by atomic mass is 10.0. The summed E-state index contributed by atoms with van der Waals surface area (Å²) < 4.78 is 1.29. The van der Waals surface area contributed by atoms with Crippen LogP contribution in [0.15, 0.2) is 77.2 Å². The van der Waals surface area contributed by atoms with Gasteiger partial charge in [-0.15, -0.1) is 11.3 Å². The Labute approximate surface area is 183 Å². The molecule has 0 bridgehead atoms. The molecule has 0 aliphatic heterocycles. The van der Waals surface area contributed by atoms with E-state index in [0.29, 0.717) is 16.6 Å². The monoisotopic (exact) mass is 431 g/mol. The second kappa shape index (κ2) is 9.06. The number of ketones is 1. The minimum atomic E-state index is -0.650. The van der Waals surface area contributed by atoms with Crippen LogP contribution in [0.3, 0.4) is 0 Å². The lowest BCUT2D eigenvalue weighted by Crippen LogP contribution is -2.43. The van der Waals surface area contributed by atoms with Crippen LogP contribution in [0.5, 0.6) is 0 Å². The van der Waals surface area contributed by atoms with Crippen LogP contribution in [0.4, 0.5) is 0 Å². The number of hydrogen-bond acceptors (Lipinski definition) is 5. The van der Waals surface area contributed by atoms with Crippen molar-refractivity contribution in [1.82, 2.24) is 14.9 Å². The summed E-state index contributed by atoms with van der Waals surface area (Å²) in [5.41, 5.74) is 2.41. The van der Waals surface area contributed by atoms with Crippen molar-refractivity contribution < 1.29 is 9.59 Å². The summed E-state index contributed by atoms with van der Waals surface area (Å²) in [6.45, 7) is 1.25. The van der Waals surface area contributed by atoms with Gasteiger partial charge in [0, 0.05) is 10.9 Å². The number of amides is 1. The van der Waals surface area contributed by atoms with Crippen LogP contribution in [0.25, 0.3) is 21.3 Å². The average Bonchev–Trinajstić information content (AvgIpc) is 3.21. The fourth-order valence-corrected chi connectivity index (χ4v) is 4.36. The average molecular weight is 432 g/mol. The predicted molar refractivity (Wildman–Crippen MR) is 122 cm³/mol. The first-order chi connectivity index (χ1) is 15.0. The molecule has 0 spiro atoms. The number of Topliss-reactive ketones (excluding diaryl/α,β-unsaturated/α-hetero) is 1. The van der Waals surface area contributed by atoms with Crippen molar-refractivity contribution in [3.8, 4) is 11.1 Å². The number of carbonyl (C=O) groups is 2. The zero-order chi connectivity index (χ0) is 21.8. The van der Waals surface area contributed by atoms with Crippen LogP contribution in [-0.4, -0.2) is 27.3 Å². The third-order valence-electron chi connectivity index (χ3n) is 5.07.